The summed E-state index contributed by atoms with van der Waals surface area (Å²) in [5.41, 5.74) is 0.301. The summed E-state index contributed by atoms with van der Waals surface area (Å²) >= 11 is 1.63. The van der Waals surface area contributed by atoms with Crippen LogP contribution in [0.5, 0.6) is 0 Å². The lowest BCUT2D eigenvalue weighted by atomic mass is 10.2. The molecule has 8 heteroatoms. The second-order valence-electron chi connectivity index (χ2n) is 5.87. The lowest BCUT2D eigenvalue weighted by Crippen LogP contribution is -2.34. The van der Waals surface area contributed by atoms with Gasteiger partial charge in [0.2, 0.25) is 10.0 Å². The van der Waals surface area contributed by atoms with Crippen molar-refractivity contribution in [2.45, 2.75) is 10.9 Å². The SMILES string of the molecule is C=CCNS(=O)(=O)c1cccc(C(=O)NCC(c2cccs2)N(C)C)c1. The first-order valence-electron chi connectivity index (χ1n) is 8.04. The number of likely N-dealkylation sites (N-methyl/N-ethyl adjacent to an activating group) is 1. The molecular formula is C18H23N3O3S2. The summed E-state index contributed by atoms with van der Waals surface area (Å²) in [6, 6.07) is 10.0. The Kier molecular flexibility index (Phi) is 7.10. The molecule has 0 aliphatic heterocycles. The molecule has 2 aromatic rings. The van der Waals surface area contributed by atoms with Gasteiger partial charge in [-0.3, -0.25) is 4.79 Å². The number of hydrogen-bond donors (Lipinski definition) is 2. The summed E-state index contributed by atoms with van der Waals surface area (Å²) in [5, 5.41) is 4.88. The fourth-order valence-electron chi connectivity index (χ4n) is 2.37. The molecule has 0 aliphatic carbocycles. The molecule has 1 atom stereocenters. The van der Waals surface area contributed by atoms with Gasteiger partial charge in [0.1, 0.15) is 0 Å². The molecule has 2 N–H and O–H groups in total. The zero-order valence-corrected chi connectivity index (χ0v) is 16.4. The van der Waals surface area contributed by atoms with Gasteiger partial charge in [-0.25, -0.2) is 13.1 Å². The average molecular weight is 394 g/mol. The molecule has 1 amide bonds. The number of thiophene rings is 1. The lowest BCUT2D eigenvalue weighted by molar-refractivity contribution is 0.0942. The Bertz CT molecular complexity index is 846. The molecule has 0 saturated heterocycles. The van der Waals surface area contributed by atoms with Crippen molar-refractivity contribution in [3.05, 3.63) is 64.9 Å². The molecule has 1 unspecified atom stereocenters. The minimum absolute atomic E-state index is 0.0504. The maximum atomic E-state index is 12.5. The Morgan fingerprint density at radius 1 is 1.31 bits per heavy atom. The number of rotatable bonds is 9. The molecular weight excluding hydrogens is 370 g/mol. The quantitative estimate of drug-likeness (QED) is 0.641. The first-order chi connectivity index (χ1) is 12.3. The molecule has 0 radical (unpaired) electrons. The van der Waals surface area contributed by atoms with Crippen molar-refractivity contribution in [3.63, 3.8) is 0 Å². The molecule has 0 fully saturated rings. The number of amides is 1. The van der Waals surface area contributed by atoms with Crippen LogP contribution in [0.2, 0.25) is 0 Å². The van der Waals surface area contributed by atoms with Gasteiger partial charge in [0.05, 0.1) is 10.9 Å². The van der Waals surface area contributed by atoms with Crippen molar-refractivity contribution in [1.29, 1.82) is 0 Å². The number of sulfonamides is 1. The molecule has 1 aromatic heterocycles. The van der Waals surface area contributed by atoms with Gasteiger partial charge in [-0.1, -0.05) is 18.2 Å². The highest BCUT2D eigenvalue weighted by atomic mass is 32.2. The van der Waals surface area contributed by atoms with Crippen LogP contribution < -0.4 is 10.0 Å². The first kappa shape index (κ1) is 20.3. The lowest BCUT2D eigenvalue weighted by Gasteiger charge is -2.23. The Morgan fingerprint density at radius 3 is 2.69 bits per heavy atom. The third-order valence-corrected chi connectivity index (χ3v) is 6.17. The van der Waals surface area contributed by atoms with Crippen LogP contribution in [-0.4, -0.2) is 46.4 Å². The molecule has 0 spiro atoms. The summed E-state index contributed by atoms with van der Waals surface area (Å²) in [6.07, 6.45) is 1.46. The highest BCUT2D eigenvalue weighted by Gasteiger charge is 2.18. The van der Waals surface area contributed by atoms with Gasteiger partial charge < -0.3 is 10.2 Å². The molecule has 0 saturated carbocycles. The van der Waals surface area contributed by atoms with E-state index >= 15 is 0 Å². The highest BCUT2D eigenvalue weighted by molar-refractivity contribution is 7.89. The normalized spacial score (nSPS) is 12.7. The number of carbonyl (C=O) groups excluding carboxylic acids is 1. The van der Waals surface area contributed by atoms with E-state index in [9.17, 15) is 13.2 Å². The predicted octanol–water partition coefficient (Wildman–Crippen LogP) is 2.25. The summed E-state index contributed by atoms with van der Waals surface area (Å²) < 4.78 is 26.8. The van der Waals surface area contributed by atoms with E-state index in [2.05, 4.69) is 16.6 Å². The van der Waals surface area contributed by atoms with Crippen LogP contribution in [0.4, 0.5) is 0 Å². The van der Waals surface area contributed by atoms with E-state index in [-0.39, 0.29) is 23.4 Å². The zero-order valence-electron chi connectivity index (χ0n) is 14.8. The van der Waals surface area contributed by atoms with Gasteiger partial charge >= 0.3 is 0 Å². The monoisotopic (exact) mass is 393 g/mol. The second-order valence-corrected chi connectivity index (χ2v) is 8.62. The maximum absolute atomic E-state index is 12.5. The highest BCUT2D eigenvalue weighted by Crippen LogP contribution is 2.22. The van der Waals surface area contributed by atoms with Gasteiger partial charge in [-0.15, -0.1) is 17.9 Å². The van der Waals surface area contributed by atoms with Gasteiger partial charge in [0, 0.05) is 23.5 Å². The number of benzene rings is 1. The summed E-state index contributed by atoms with van der Waals surface area (Å²) in [7, 11) is 0.240. The summed E-state index contributed by atoms with van der Waals surface area (Å²) in [5.74, 6) is -0.311. The van der Waals surface area contributed by atoms with Gasteiger partial charge in [0.15, 0.2) is 0 Å². The van der Waals surface area contributed by atoms with Crippen molar-refractivity contribution in [2.24, 2.45) is 0 Å². The predicted molar refractivity (Wildman–Crippen MR) is 105 cm³/mol. The van der Waals surface area contributed by atoms with Crippen LogP contribution in [0.1, 0.15) is 21.3 Å². The molecule has 1 aromatic carbocycles. The van der Waals surface area contributed by atoms with Crippen LogP contribution in [0.3, 0.4) is 0 Å². The van der Waals surface area contributed by atoms with Crippen molar-refractivity contribution < 1.29 is 13.2 Å². The van der Waals surface area contributed by atoms with E-state index in [4.69, 9.17) is 0 Å². The topological polar surface area (TPSA) is 78.5 Å². The minimum Gasteiger partial charge on any atom is -0.350 e. The Morgan fingerprint density at radius 2 is 2.08 bits per heavy atom. The van der Waals surface area contributed by atoms with Crippen LogP contribution in [0.25, 0.3) is 0 Å². The minimum atomic E-state index is -3.67. The second kappa shape index (κ2) is 9.09. The van der Waals surface area contributed by atoms with Gasteiger partial charge in [-0.05, 0) is 43.7 Å². The van der Waals surface area contributed by atoms with Crippen LogP contribution in [-0.2, 0) is 10.0 Å². The van der Waals surface area contributed by atoms with E-state index in [1.165, 1.54) is 18.2 Å². The third-order valence-electron chi connectivity index (χ3n) is 3.78. The fraction of sp³-hybridized carbons (Fsp3) is 0.278. The average Bonchev–Trinajstić information content (AvgIpc) is 3.14. The van der Waals surface area contributed by atoms with Gasteiger partial charge in [0.25, 0.3) is 5.91 Å². The Labute approximate surface area is 158 Å². The number of nitrogens with one attached hydrogen (secondary N) is 2. The fourth-order valence-corrected chi connectivity index (χ4v) is 4.33. The summed E-state index contributed by atoms with van der Waals surface area (Å²) in [4.78, 5) is 15.7. The zero-order chi connectivity index (χ0) is 19.2. The largest absolute Gasteiger partial charge is 0.350 e. The number of hydrogen-bond acceptors (Lipinski definition) is 5. The third kappa shape index (κ3) is 5.25. The smallest absolute Gasteiger partial charge is 0.251 e. The maximum Gasteiger partial charge on any atom is 0.251 e. The van der Waals surface area contributed by atoms with E-state index in [1.807, 2.05) is 36.5 Å². The molecule has 1 heterocycles. The summed E-state index contributed by atoms with van der Waals surface area (Å²) in [6.45, 7) is 4.04. The molecule has 26 heavy (non-hydrogen) atoms. The molecule has 140 valence electrons. The van der Waals surface area contributed by atoms with Crippen molar-refractivity contribution in [2.75, 3.05) is 27.2 Å². The van der Waals surface area contributed by atoms with E-state index in [0.717, 1.165) is 4.88 Å². The van der Waals surface area contributed by atoms with E-state index in [0.29, 0.717) is 12.1 Å². The molecule has 0 bridgehead atoms. The van der Waals surface area contributed by atoms with Crippen LogP contribution in [0, 0.1) is 0 Å². The van der Waals surface area contributed by atoms with Crippen molar-refractivity contribution >= 4 is 27.3 Å². The Hall–Kier alpha value is -2.00. The van der Waals surface area contributed by atoms with Crippen LogP contribution >= 0.6 is 11.3 Å². The van der Waals surface area contributed by atoms with Crippen LogP contribution in [0.15, 0.2) is 59.3 Å². The van der Waals surface area contributed by atoms with Gasteiger partial charge in [-0.2, -0.15) is 0 Å². The number of nitrogens with zero attached hydrogens (tertiary/aromatic N) is 1. The van der Waals surface area contributed by atoms with Crippen molar-refractivity contribution in [1.82, 2.24) is 14.9 Å². The van der Waals surface area contributed by atoms with E-state index in [1.54, 1.807) is 23.5 Å². The standard InChI is InChI=1S/C18H23N3O3S2/c1-4-10-20-26(23,24)15-8-5-7-14(12-15)18(22)19-13-16(21(2)3)17-9-6-11-25-17/h4-9,11-12,16,20H,1,10,13H2,2-3H3,(H,19,22). The molecule has 0 aliphatic rings. The molecule has 6 nitrogen and oxygen atoms in total. The first-order valence-corrected chi connectivity index (χ1v) is 10.4. The molecule has 2 rings (SSSR count). The number of carbonyl (C=O) groups is 1. The van der Waals surface area contributed by atoms with Crippen molar-refractivity contribution in [3.8, 4) is 0 Å². The van der Waals surface area contributed by atoms with E-state index < -0.39 is 10.0 Å². The Balaban J connectivity index is 2.10.